The van der Waals surface area contributed by atoms with Crippen LogP contribution < -0.4 is 5.32 Å². The maximum atomic E-state index is 13.7. The molecule has 4 rings (SSSR count). The summed E-state index contributed by atoms with van der Waals surface area (Å²) >= 11 is 0. The summed E-state index contributed by atoms with van der Waals surface area (Å²) in [6.45, 7) is 6.73. The number of halogens is 3. The molecule has 4 nitrogen and oxygen atoms in total. The molecule has 1 aromatic carbocycles. The number of ether oxygens (including phenoxy) is 1. The first-order valence-electron chi connectivity index (χ1n) is 11.5. The Hall–Kier alpha value is -1.60. The van der Waals surface area contributed by atoms with Crippen LogP contribution in [0.4, 0.5) is 13.2 Å². The van der Waals surface area contributed by atoms with Gasteiger partial charge >= 0.3 is 6.18 Å². The van der Waals surface area contributed by atoms with Gasteiger partial charge in [-0.15, -0.1) is 0 Å². The summed E-state index contributed by atoms with van der Waals surface area (Å²) in [6.07, 6.45) is 0.853. The van der Waals surface area contributed by atoms with Crippen molar-refractivity contribution in [3.05, 3.63) is 34.9 Å². The fourth-order valence-corrected chi connectivity index (χ4v) is 5.60. The van der Waals surface area contributed by atoms with E-state index >= 15 is 0 Å². The van der Waals surface area contributed by atoms with E-state index in [1.165, 1.54) is 6.07 Å². The summed E-state index contributed by atoms with van der Waals surface area (Å²) in [5.74, 6) is 0.389. The second kappa shape index (κ2) is 8.74. The Morgan fingerprint density at radius 1 is 1.16 bits per heavy atom. The van der Waals surface area contributed by atoms with E-state index in [1.54, 1.807) is 6.07 Å². The number of hydrogen-bond acceptors (Lipinski definition) is 3. The number of hydrogen-bond donors (Lipinski definition) is 1. The molecule has 7 heteroatoms. The minimum atomic E-state index is -4.33. The molecule has 0 bridgehead atoms. The van der Waals surface area contributed by atoms with Gasteiger partial charge in [0.2, 0.25) is 5.91 Å². The summed E-state index contributed by atoms with van der Waals surface area (Å²) in [7, 11) is 0. The smallest absolute Gasteiger partial charge is 0.381 e. The monoisotopic (exact) mass is 438 g/mol. The van der Waals surface area contributed by atoms with Crippen molar-refractivity contribution in [2.45, 2.75) is 77.2 Å². The molecule has 2 atom stereocenters. The minimum Gasteiger partial charge on any atom is -0.381 e. The SMILES string of the molecule is CC(C)[C@]1(C(=O)N2CCc3cc(C(F)(F)F)ccc3C2)CC[C@@H](NC2CCOCC2)C1. The van der Waals surface area contributed by atoms with Gasteiger partial charge in [-0.2, -0.15) is 13.2 Å². The highest BCUT2D eigenvalue weighted by molar-refractivity contribution is 5.84. The molecule has 1 N–H and O–H groups in total. The fourth-order valence-electron chi connectivity index (χ4n) is 5.60. The quantitative estimate of drug-likeness (QED) is 0.750. The molecule has 0 spiro atoms. The summed E-state index contributed by atoms with van der Waals surface area (Å²) in [6, 6.07) is 4.72. The Morgan fingerprint density at radius 2 is 1.90 bits per heavy atom. The first-order valence-corrected chi connectivity index (χ1v) is 11.5. The zero-order valence-corrected chi connectivity index (χ0v) is 18.4. The molecular formula is C24H33F3N2O2. The molecule has 0 unspecified atom stereocenters. The number of carbonyl (C=O) groups is 1. The fraction of sp³-hybridized carbons (Fsp3) is 0.708. The zero-order valence-electron chi connectivity index (χ0n) is 18.4. The molecule has 2 heterocycles. The van der Waals surface area contributed by atoms with Crippen LogP contribution in [0, 0.1) is 11.3 Å². The molecule has 1 amide bonds. The molecule has 172 valence electrons. The molecule has 1 aliphatic carbocycles. The lowest BCUT2D eigenvalue weighted by Crippen LogP contribution is -2.48. The van der Waals surface area contributed by atoms with Gasteiger partial charge in [0.25, 0.3) is 0 Å². The van der Waals surface area contributed by atoms with E-state index < -0.39 is 17.2 Å². The first-order chi connectivity index (χ1) is 14.7. The standard InChI is InChI=1S/C24H33F3N2O2/c1-16(2)23(9-5-21(14-23)28-20-7-11-31-12-8-20)22(30)29-10-6-17-13-19(24(25,26)27)4-3-18(17)15-29/h3-4,13,16,20-21,28H,5-12,14-15H2,1-2H3/t21-,23+/m1/s1. The van der Waals surface area contributed by atoms with E-state index in [1.807, 2.05) is 4.90 Å². The number of carbonyl (C=O) groups excluding carboxylic acids is 1. The van der Waals surface area contributed by atoms with Crippen LogP contribution in [0.15, 0.2) is 18.2 Å². The molecule has 2 fully saturated rings. The molecule has 31 heavy (non-hydrogen) atoms. The summed E-state index contributed by atoms with van der Waals surface area (Å²) in [5.41, 5.74) is 0.540. The van der Waals surface area contributed by atoms with Crippen LogP contribution in [-0.4, -0.2) is 42.6 Å². The minimum absolute atomic E-state index is 0.171. The van der Waals surface area contributed by atoms with Crippen LogP contribution in [-0.2, 0) is 28.7 Å². The van der Waals surface area contributed by atoms with Gasteiger partial charge < -0.3 is 15.0 Å². The molecule has 0 radical (unpaired) electrons. The second-order valence-corrected chi connectivity index (χ2v) is 9.76. The number of amides is 1. The predicted octanol–water partition coefficient (Wildman–Crippen LogP) is 4.55. The largest absolute Gasteiger partial charge is 0.416 e. The molecule has 3 aliphatic rings. The normalized spacial score (nSPS) is 27.5. The zero-order chi connectivity index (χ0) is 22.2. The summed E-state index contributed by atoms with van der Waals surface area (Å²) in [5, 5.41) is 3.76. The van der Waals surface area contributed by atoms with E-state index in [0.717, 1.165) is 56.9 Å². The highest BCUT2D eigenvalue weighted by Crippen LogP contribution is 2.47. The lowest BCUT2D eigenvalue weighted by Gasteiger charge is -2.40. The Labute approximate surface area is 182 Å². The number of benzene rings is 1. The third-order valence-corrected chi connectivity index (χ3v) is 7.61. The van der Waals surface area contributed by atoms with Crippen molar-refractivity contribution in [1.82, 2.24) is 10.2 Å². The molecule has 1 saturated carbocycles. The van der Waals surface area contributed by atoms with Crippen molar-refractivity contribution in [3.63, 3.8) is 0 Å². The van der Waals surface area contributed by atoms with Gasteiger partial charge in [0.05, 0.1) is 11.0 Å². The van der Waals surface area contributed by atoms with Crippen LogP contribution in [0.3, 0.4) is 0 Å². The molecule has 1 aromatic rings. The highest BCUT2D eigenvalue weighted by Gasteiger charge is 2.49. The van der Waals surface area contributed by atoms with Crippen LogP contribution >= 0.6 is 0 Å². The van der Waals surface area contributed by atoms with Crippen LogP contribution in [0.25, 0.3) is 0 Å². The Morgan fingerprint density at radius 3 is 2.58 bits per heavy atom. The van der Waals surface area contributed by atoms with Crippen molar-refractivity contribution in [2.24, 2.45) is 11.3 Å². The number of alkyl halides is 3. The van der Waals surface area contributed by atoms with E-state index in [0.29, 0.717) is 37.2 Å². The van der Waals surface area contributed by atoms with E-state index in [4.69, 9.17) is 4.74 Å². The summed E-state index contributed by atoms with van der Waals surface area (Å²) < 4.78 is 44.6. The van der Waals surface area contributed by atoms with Crippen LogP contribution in [0.2, 0.25) is 0 Å². The maximum Gasteiger partial charge on any atom is 0.416 e. The average molecular weight is 439 g/mol. The third kappa shape index (κ3) is 4.63. The average Bonchev–Trinajstić information content (AvgIpc) is 3.17. The first kappa shape index (κ1) is 22.6. The number of nitrogens with one attached hydrogen (secondary N) is 1. The second-order valence-electron chi connectivity index (χ2n) is 9.76. The van der Waals surface area contributed by atoms with Crippen molar-refractivity contribution in [2.75, 3.05) is 19.8 Å². The Kier molecular flexibility index (Phi) is 6.37. The molecule has 1 saturated heterocycles. The van der Waals surface area contributed by atoms with Crippen molar-refractivity contribution in [1.29, 1.82) is 0 Å². The predicted molar refractivity (Wildman–Crippen MR) is 112 cm³/mol. The van der Waals surface area contributed by atoms with E-state index in [9.17, 15) is 18.0 Å². The van der Waals surface area contributed by atoms with Crippen LogP contribution in [0.1, 0.15) is 62.6 Å². The van der Waals surface area contributed by atoms with Gasteiger partial charge in [-0.1, -0.05) is 19.9 Å². The van der Waals surface area contributed by atoms with Crippen molar-refractivity contribution >= 4 is 5.91 Å². The van der Waals surface area contributed by atoms with E-state index in [-0.39, 0.29) is 11.8 Å². The lowest BCUT2D eigenvalue weighted by molar-refractivity contribution is -0.146. The maximum absolute atomic E-state index is 13.7. The van der Waals surface area contributed by atoms with Gasteiger partial charge in [0.1, 0.15) is 0 Å². The van der Waals surface area contributed by atoms with Gasteiger partial charge in [0.15, 0.2) is 0 Å². The molecule has 2 aliphatic heterocycles. The van der Waals surface area contributed by atoms with Crippen molar-refractivity contribution in [3.8, 4) is 0 Å². The van der Waals surface area contributed by atoms with Gasteiger partial charge in [-0.05, 0) is 67.7 Å². The highest BCUT2D eigenvalue weighted by atomic mass is 19.4. The summed E-state index contributed by atoms with van der Waals surface area (Å²) in [4.78, 5) is 15.6. The number of nitrogens with zero attached hydrogens (tertiary/aromatic N) is 1. The Balaban J connectivity index is 1.46. The number of fused-ring (bicyclic) bond motifs is 1. The Bertz CT molecular complexity index is 805. The van der Waals surface area contributed by atoms with Crippen molar-refractivity contribution < 1.29 is 22.7 Å². The van der Waals surface area contributed by atoms with Gasteiger partial charge in [0, 0.05) is 38.4 Å². The van der Waals surface area contributed by atoms with E-state index in [2.05, 4.69) is 19.2 Å². The molecule has 0 aromatic heterocycles. The van der Waals surface area contributed by atoms with Gasteiger partial charge in [-0.25, -0.2) is 0 Å². The molecular weight excluding hydrogens is 405 g/mol. The lowest BCUT2D eigenvalue weighted by atomic mass is 9.73. The van der Waals surface area contributed by atoms with Crippen LogP contribution in [0.5, 0.6) is 0 Å². The third-order valence-electron chi connectivity index (χ3n) is 7.61. The number of rotatable bonds is 4. The topological polar surface area (TPSA) is 41.6 Å². The van der Waals surface area contributed by atoms with Gasteiger partial charge in [-0.3, -0.25) is 4.79 Å².